The molecule has 0 saturated heterocycles. The average molecular weight is 234 g/mol. The summed E-state index contributed by atoms with van der Waals surface area (Å²) >= 11 is 0. The molecule has 1 atom stereocenters. The highest BCUT2D eigenvalue weighted by Crippen LogP contribution is 2.35. The first-order chi connectivity index (χ1) is 7.83. The summed E-state index contributed by atoms with van der Waals surface area (Å²) in [5, 5.41) is 0. The topological polar surface area (TPSA) is 0 Å². The third-order valence-electron chi connectivity index (χ3n) is 2.79. The second-order valence-corrected chi connectivity index (χ2v) is 3.56. The minimum absolute atomic E-state index is 0. The van der Waals surface area contributed by atoms with Crippen LogP contribution in [0.3, 0.4) is 0 Å². The lowest BCUT2D eigenvalue weighted by Gasteiger charge is -2.07. The molecule has 0 spiro atoms. The summed E-state index contributed by atoms with van der Waals surface area (Å²) < 4.78 is 0. The van der Waals surface area contributed by atoms with Crippen molar-refractivity contribution in [3.8, 4) is 0 Å². The second kappa shape index (κ2) is 10.1. The third kappa shape index (κ3) is 4.38. The molecule has 0 heterocycles. The number of rotatable bonds is 1. The Kier molecular flexibility index (Phi) is 10.9. The molecular weight excluding hydrogens is 204 g/mol. The van der Waals surface area contributed by atoms with Crippen LogP contribution in [0.1, 0.15) is 71.1 Å². The standard InChI is InChI=1S/C12H14.2C2H6.CH4/c1-3-10-5-4-6-11-8-7-9(2)12(10)11;2*1-2;/h3-6,9H,1,7-8H2,2H3;2*1-2H3;1H4. The van der Waals surface area contributed by atoms with Crippen molar-refractivity contribution in [1.82, 2.24) is 0 Å². The molecular formula is C17H30. The molecule has 1 unspecified atom stereocenters. The Hall–Kier alpha value is -1.04. The van der Waals surface area contributed by atoms with Crippen molar-refractivity contribution in [2.45, 2.75) is 60.8 Å². The van der Waals surface area contributed by atoms with Gasteiger partial charge in [-0.05, 0) is 35.4 Å². The number of hydrogen-bond donors (Lipinski definition) is 0. The van der Waals surface area contributed by atoms with Gasteiger partial charge >= 0.3 is 0 Å². The monoisotopic (exact) mass is 234 g/mol. The Balaban J connectivity index is 0. The summed E-state index contributed by atoms with van der Waals surface area (Å²) in [6.45, 7) is 14.1. The molecule has 0 amide bonds. The zero-order valence-electron chi connectivity index (χ0n) is 11.5. The first-order valence-corrected chi connectivity index (χ1v) is 6.57. The summed E-state index contributed by atoms with van der Waals surface area (Å²) in [6.07, 6.45) is 4.53. The summed E-state index contributed by atoms with van der Waals surface area (Å²) in [4.78, 5) is 0. The van der Waals surface area contributed by atoms with E-state index < -0.39 is 0 Å². The lowest BCUT2D eigenvalue weighted by molar-refractivity contribution is 0.746. The molecule has 0 saturated carbocycles. The quantitative estimate of drug-likeness (QED) is 0.553. The molecule has 0 heteroatoms. The van der Waals surface area contributed by atoms with E-state index in [-0.39, 0.29) is 7.43 Å². The van der Waals surface area contributed by atoms with E-state index in [1.807, 2.05) is 33.8 Å². The van der Waals surface area contributed by atoms with E-state index in [1.165, 1.54) is 29.5 Å². The molecule has 98 valence electrons. The van der Waals surface area contributed by atoms with Crippen LogP contribution in [0.25, 0.3) is 6.08 Å². The van der Waals surface area contributed by atoms with Crippen molar-refractivity contribution < 1.29 is 0 Å². The van der Waals surface area contributed by atoms with Gasteiger partial charge in [0.1, 0.15) is 0 Å². The average Bonchev–Trinajstić information content (AvgIpc) is 2.76. The van der Waals surface area contributed by atoms with Crippen LogP contribution >= 0.6 is 0 Å². The van der Waals surface area contributed by atoms with Gasteiger partial charge in [-0.3, -0.25) is 0 Å². The minimum Gasteiger partial charge on any atom is -0.0985 e. The van der Waals surface area contributed by atoms with Crippen LogP contribution in [0, 0.1) is 0 Å². The molecule has 0 nitrogen and oxygen atoms in total. The first kappa shape index (κ1) is 18.3. The summed E-state index contributed by atoms with van der Waals surface area (Å²) in [5.74, 6) is 0.731. The van der Waals surface area contributed by atoms with Crippen LogP contribution in [0.15, 0.2) is 24.8 Å². The van der Waals surface area contributed by atoms with E-state index in [0.717, 1.165) is 5.92 Å². The Labute approximate surface area is 109 Å². The molecule has 0 fully saturated rings. The van der Waals surface area contributed by atoms with Crippen molar-refractivity contribution in [3.63, 3.8) is 0 Å². The highest BCUT2D eigenvalue weighted by molar-refractivity contribution is 5.57. The minimum atomic E-state index is 0. The fraction of sp³-hybridized carbons (Fsp3) is 0.529. The van der Waals surface area contributed by atoms with Gasteiger partial charge in [-0.15, -0.1) is 0 Å². The predicted octanol–water partition coefficient (Wildman–Crippen LogP) is 6.07. The Morgan fingerprint density at radius 3 is 2.29 bits per heavy atom. The van der Waals surface area contributed by atoms with E-state index >= 15 is 0 Å². The van der Waals surface area contributed by atoms with Crippen LogP contribution < -0.4 is 0 Å². The van der Waals surface area contributed by atoms with Gasteiger partial charge in [-0.25, -0.2) is 0 Å². The first-order valence-electron chi connectivity index (χ1n) is 6.57. The molecule has 0 radical (unpaired) electrons. The summed E-state index contributed by atoms with van der Waals surface area (Å²) in [6, 6.07) is 6.54. The number of benzene rings is 1. The summed E-state index contributed by atoms with van der Waals surface area (Å²) in [7, 11) is 0. The molecule has 2 rings (SSSR count). The van der Waals surface area contributed by atoms with E-state index in [0.29, 0.717) is 0 Å². The van der Waals surface area contributed by atoms with Gasteiger partial charge in [0.25, 0.3) is 0 Å². The number of fused-ring (bicyclic) bond motifs is 1. The highest BCUT2D eigenvalue weighted by Gasteiger charge is 2.19. The van der Waals surface area contributed by atoms with Crippen LogP contribution in [0.5, 0.6) is 0 Å². The molecule has 1 aromatic carbocycles. The molecule has 17 heavy (non-hydrogen) atoms. The molecule has 0 N–H and O–H groups in total. The lowest BCUT2D eigenvalue weighted by Crippen LogP contribution is -1.90. The third-order valence-corrected chi connectivity index (χ3v) is 2.79. The van der Waals surface area contributed by atoms with E-state index in [9.17, 15) is 0 Å². The van der Waals surface area contributed by atoms with Crippen molar-refractivity contribution in [1.29, 1.82) is 0 Å². The number of aryl methyl sites for hydroxylation is 1. The Morgan fingerprint density at radius 2 is 1.76 bits per heavy atom. The van der Waals surface area contributed by atoms with Crippen LogP contribution in [-0.2, 0) is 6.42 Å². The highest BCUT2D eigenvalue weighted by atomic mass is 14.2. The van der Waals surface area contributed by atoms with E-state index in [2.05, 4.69) is 31.7 Å². The van der Waals surface area contributed by atoms with Crippen LogP contribution in [-0.4, -0.2) is 0 Å². The maximum atomic E-state index is 3.84. The largest absolute Gasteiger partial charge is 0.0985 e. The smallest absolute Gasteiger partial charge is 0.0179 e. The maximum Gasteiger partial charge on any atom is -0.0179 e. The van der Waals surface area contributed by atoms with E-state index in [1.54, 1.807) is 0 Å². The molecule has 1 aliphatic rings. The predicted molar refractivity (Wildman–Crippen MR) is 82.7 cm³/mol. The molecule has 0 bridgehead atoms. The van der Waals surface area contributed by atoms with Crippen molar-refractivity contribution in [3.05, 3.63) is 41.5 Å². The Bertz CT molecular complexity index is 310. The van der Waals surface area contributed by atoms with Gasteiger partial charge < -0.3 is 0 Å². The van der Waals surface area contributed by atoms with Gasteiger partial charge in [-0.1, -0.05) is 72.9 Å². The second-order valence-electron chi connectivity index (χ2n) is 3.56. The normalized spacial score (nSPS) is 15.2. The van der Waals surface area contributed by atoms with Crippen molar-refractivity contribution >= 4 is 6.08 Å². The van der Waals surface area contributed by atoms with Gasteiger partial charge in [0.15, 0.2) is 0 Å². The molecule has 1 aliphatic carbocycles. The van der Waals surface area contributed by atoms with Crippen LogP contribution in [0.4, 0.5) is 0 Å². The zero-order valence-corrected chi connectivity index (χ0v) is 11.5. The van der Waals surface area contributed by atoms with Gasteiger partial charge in [-0.2, -0.15) is 0 Å². The molecule has 0 aliphatic heterocycles. The Morgan fingerprint density at radius 1 is 1.18 bits per heavy atom. The molecule has 1 aromatic rings. The zero-order chi connectivity index (χ0) is 12.6. The van der Waals surface area contributed by atoms with Crippen molar-refractivity contribution in [2.24, 2.45) is 0 Å². The lowest BCUT2D eigenvalue weighted by atomic mass is 9.97. The SMILES string of the molecule is C.C=Cc1cccc2c1C(C)CC2.CC.CC. The molecule has 0 aromatic heterocycles. The van der Waals surface area contributed by atoms with Crippen LogP contribution in [0.2, 0.25) is 0 Å². The maximum absolute atomic E-state index is 3.84. The van der Waals surface area contributed by atoms with Gasteiger partial charge in [0.2, 0.25) is 0 Å². The van der Waals surface area contributed by atoms with Gasteiger partial charge in [0, 0.05) is 0 Å². The number of hydrogen-bond acceptors (Lipinski definition) is 0. The fourth-order valence-electron chi connectivity index (χ4n) is 2.15. The van der Waals surface area contributed by atoms with E-state index in [4.69, 9.17) is 0 Å². The van der Waals surface area contributed by atoms with Gasteiger partial charge in [0.05, 0.1) is 0 Å². The summed E-state index contributed by atoms with van der Waals surface area (Å²) in [5.41, 5.74) is 4.39. The van der Waals surface area contributed by atoms with Crippen molar-refractivity contribution in [2.75, 3.05) is 0 Å². The fourth-order valence-corrected chi connectivity index (χ4v) is 2.15.